The molecule has 0 radical (unpaired) electrons. The molecule has 0 heterocycles. The van der Waals surface area contributed by atoms with E-state index in [0.717, 1.165) is 10.5 Å². The van der Waals surface area contributed by atoms with Crippen molar-refractivity contribution < 1.29 is 9.59 Å². The lowest BCUT2D eigenvalue weighted by Crippen LogP contribution is -2.36. The van der Waals surface area contributed by atoms with E-state index in [1.807, 2.05) is 54.6 Å². The largest absolute Gasteiger partial charge is 0.350 e. The van der Waals surface area contributed by atoms with E-state index in [9.17, 15) is 9.59 Å². The summed E-state index contributed by atoms with van der Waals surface area (Å²) < 4.78 is 0. The summed E-state index contributed by atoms with van der Waals surface area (Å²) in [6.07, 6.45) is 0.360. The number of halogens is 1. The number of carbonyl (C=O) groups is 2. The van der Waals surface area contributed by atoms with Crippen LogP contribution in [0.5, 0.6) is 0 Å². The van der Waals surface area contributed by atoms with Crippen molar-refractivity contribution in [3.05, 3.63) is 65.2 Å². The molecule has 0 aromatic heterocycles. The van der Waals surface area contributed by atoms with Crippen LogP contribution in [-0.2, 0) is 16.1 Å². The molecule has 2 aromatic carbocycles. The Bertz CT molecular complexity index is 662. The average Bonchev–Trinajstić information content (AvgIpc) is 2.61. The topological polar surface area (TPSA) is 58.2 Å². The van der Waals surface area contributed by atoms with Crippen LogP contribution >= 0.6 is 23.4 Å². The van der Waals surface area contributed by atoms with Crippen molar-refractivity contribution in [2.75, 3.05) is 12.3 Å². The molecule has 0 saturated heterocycles. The number of thioether (sulfide) groups is 1. The van der Waals surface area contributed by atoms with Crippen LogP contribution in [0.1, 0.15) is 12.0 Å². The van der Waals surface area contributed by atoms with Gasteiger partial charge in [-0.25, -0.2) is 0 Å². The van der Waals surface area contributed by atoms with Gasteiger partial charge in [0.05, 0.1) is 6.54 Å². The average molecular weight is 363 g/mol. The lowest BCUT2D eigenvalue weighted by Gasteiger charge is -2.07. The maximum atomic E-state index is 11.7. The van der Waals surface area contributed by atoms with E-state index in [-0.39, 0.29) is 18.4 Å². The minimum Gasteiger partial charge on any atom is -0.350 e. The van der Waals surface area contributed by atoms with Crippen molar-refractivity contribution in [2.24, 2.45) is 0 Å². The van der Waals surface area contributed by atoms with Crippen LogP contribution in [0.15, 0.2) is 59.5 Å². The van der Waals surface area contributed by atoms with Crippen LogP contribution in [0.2, 0.25) is 5.02 Å². The third-order valence-electron chi connectivity index (χ3n) is 3.19. The molecule has 0 saturated carbocycles. The van der Waals surface area contributed by atoms with Gasteiger partial charge in [0.2, 0.25) is 11.8 Å². The fraction of sp³-hybridized carbons (Fsp3) is 0.222. The highest BCUT2D eigenvalue weighted by Gasteiger charge is 2.06. The van der Waals surface area contributed by atoms with Crippen LogP contribution in [0.4, 0.5) is 0 Å². The monoisotopic (exact) mass is 362 g/mol. The fourth-order valence-electron chi connectivity index (χ4n) is 1.92. The van der Waals surface area contributed by atoms with Crippen molar-refractivity contribution in [3.8, 4) is 0 Å². The predicted molar refractivity (Wildman–Crippen MR) is 98.1 cm³/mol. The lowest BCUT2D eigenvalue weighted by molar-refractivity contribution is -0.125. The molecular weight excluding hydrogens is 344 g/mol. The first-order valence-corrected chi connectivity index (χ1v) is 8.95. The Morgan fingerprint density at radius 2 is 1.62 bits per heavy atom. The van der Waals surface area contributed by atoms with Gasteiger partial charge in [-0.05, 0) is 29.8 Å². The maximum absolute atomic E-state index is 11.7. The molecule has 0 unspecified atom stereocenters. The van der Waals surface area contributed by atoms with Gasteiger partial charge in [0.15, 0.2) is 0 Å². The van der Waals surface area contributed by atoms with E-state index in [1.54, 1.807) is 11.8 Å². The quantitative estimate of drug-likeness (QED) is 0.709. The maximum Gasteiger partial charge on any atom is 0.239 e. The highest BCUT2D eigenvalue weighted by molar-refractivity contribution is 7.99. The number of benzene rings is 2. The Morgan fingerprint density at radius 1 is 0.917 bits per heavy atom. The van der Waals surface area contributed by atoms with Crippen LogP contribution in [-0.4, -0.2) is 24.1 Å². The molecule has 6 heteroatoms. The van der Waals surface area contributed by atoms with Crippen molar-refractivity contribution in [1.82, 2.24) is 10.6 Å². The zero-order chi connectivity index (χ0) is 17.2. The Kier molecular flexibility index (Phi) is 7.65. The molecule has 2 rings (SSSR count). The van der Waals surface area contributed by atoms with Crippen molar-refractivity contribution in [1.29, 1.82) is 0 Å². The third-order valence-corrected chi connectivity index (χ3v) is 4.46. The molecular formula is C18H19ClN2O2S. The molecule has 0 atom stereocenters. The van der Waals surface area contributed by atoms with Gasteiger partial charge in [-0.2, -0.15) is 0 Å². The molecule has 4 nitrogen and oxygen atoms in total. The molecule has 24 heavy (non-hydrogen) atoms. The SMILES string of the molecule is O=C(CCSc1ccc(Cl)cc1)NCC(=O)NCc1ccccc1. The zero-order valence-corrected chi connectivity index (χ0v) is 14.7. The minimum absolute atomic E-state index is 0.00270. The molecule has 0 bridgehead atoms. The van der Waals surface area contributed by atoms with Crippen molar-refractivity contribution in [2.45, 2.75) is 17.9 Å². The summed E-state index contributed by atoms with van der Waals surface area (Å²) in [7, 11) is 0. The van der Waals surface area contributed by atoms with Gasteiger partial charge in [-0.3, -0.25) is 9.59 Å². The summed E-state index contributed by atoms with van der Waals surface area (Å²) >= 11 is 7.40. The Hall–Kier alpha value is -1.98. The Morgan fingerprint density at radius 3 is 2.33 bits per heavy atom. The normalized spacial score (nSPS) is 10.2. The Labute approximate surface area is 151 Å². The zero-order valence-electron chi connectivity index (χ0n) is 13.1. The van der Waals surface area contributed by atoms with Gasteiger partial charge in [0.1, 0.15) is 0 Å². The minimum atomic E-state index is -0.197. The summed E-state index contributed by atoms with van der Waals surface area (Å²) in [4.78, 5) is 24.5. The van der Waals surface area contributed by atoms with Gasteiger partial charge in [0, 0.05) is 28.6 Å². The van der Waals surface area contributed by atoms with E-state index < -0.39 is 0 Å². The molecule has 0 spiro atoms. The second-order valence-corrected chi connectivity index (χ2v) is 6.70. The van der Waals surface area contributed by atoms with Crippen molar-refractivity contribution in [3.63, 3.8) is 0 Å². The van der Waals surface area contributed by atoms with Gasteiger partial charge in [-0.15, -0.1) is 11.8 Å². The molecule has 0 aliphatic carbocycles. The number of hydrogen-bond acceptors (Lipinski definition) is 3. The van der Waals surface area contributed by atoms with Crippen LogP contribution in [0.3, 0.4) is 0 Å². The number of rotatable bonds is 8. The second-order valence-electron chi connectivity index (χ2n) is 5.09. The van der Waals surface area contributed by atoms with Crippen LogP contribution in [0, 0.1) is 0 Å². The van der Waals surface area contributed by atoms with Gasteiger partial charge < -0.3 is 10.6 Å². The van der Waals surface area contributed by atoms with E-state index in [1.165, 1.54) is 0 Å². The molecule has 0 fully saturated rings. The highest BCUT2D eigenvalue weighted by Crippen LogP contribution is 2.20. The van der Waals surface area contributed by atoms with E-state index in [0.29, 0.717) is 23.7 Å². The third kappa shape index (κ3) is 7.06. The summed E-state index contributed by atoms with van der Waals surface area (Å²) in [5.41, 5.74) is 1.02. The summed E-state index contributed by atoms with van der Waals surface area (Å²) in [6, 6.07) is 17.1. The van der Waals surface area contributed by atoms with Gasteiger partial charge >= 0.3 is 0 Å². The standard InChI is InChI=1S/C18H19ClN2O2S/c19-15-6-8-16(9-7-15)24-11-10-17(22)21-13-18(23)20-12-14-4-2-1-3-5-14/h1-9H,10-13H2,(H,20,23)(H,21,22). The summed E-state index contributed by atoms with van der Waals surface area (Å²) in [5, 5.41) is 6.09. The molecule has 2 aromatic rings. The number of hydrogen-bond donors (Lipinski definition) is 2. The van der Waals surface area contributed by atoms with Gasteiger partial charge in [0.25, 0.3) is 0 Å². The molecule has 0 aliphatic heterocycles. The summed E-state index contributed by atoms with van der Waals surface area (Å²) in [6.45, 7) is 0.458. The number of carbonyl (C=O) groups excluding carboxylic acids is 2. The molecule has 2 N–H and O–H groups in total. The molecule has 2 amide bonds. The number of nitrogens with one attached hydrogen (secondary N) is 2. The fourth-order valence-corrected chi connectivity index (χ4v) is 2.90. The predicted octanol–water partition coefficient (Wildman–Crippen LogP) is 3.25. The first kappa shape index (κ1) is 18.4. The first-order valence-electron chi connectivity index (χ1n) is 7.59. The Balaban J connectivity index is 1.58. The highest BCUT2D eigenvalue weighted by atomic mass is 35.5. The second kappa shape index (κ2) is 10.0. The lowest BCUT2D eigenvalue weighted by atomic mass is 10.2. The van der Waals surface area contributed by atoms with Crippen LogP contribution in [0.25, 0.3) is 0 Å². The first-order chi connectivity index (χ1) is 11.6. The van der Waals surface area contributed by atoms with Gasteiger partial charge in [-0.1, -0.05) is 41.9 Å². The number of amides is 2. The van der Waals surface area contributed by atoms with Crippen molar-refractivity contribution >= 4 is 35.2 Å². The molecule has 0 aliphatic rings. The van der Waals surface area contributed by atoms with E-state index in [2.05, 4.69) is 10.6 Å². The van der Waals surface area contributed by atoms with E-state index in [4.69, 9.17) is 11.6 Å². The van der Waals surface area contributed by atoms with Crippen LogP contribution < -0.4 is 10.6 Å². The summed E-state index contributed by atoms with van der Waals surface area (Å²) in [5.74, 6) is 0.322. The van der Waals surface area contributed by atoms with E-state index >= 15 is 0 Å². The smallest absolute Gasteiger partial charge is 0.239 e. The molecule has 126 valence electrons.